The standard InChI is InChI=1S/C16H13NO4S/c1-11-5-7-12(8-6-11)22(19,20)17-13-3-2-4-15-16(13)14(18)9-10-21-15/h2-10,17H,1H3. The maximum atomic E-state index is 12.4. The lowest BCUT2D eigenvalue weighted by Gasteiger charge is -2.10. The molecule has 1 heterocycles. The van der Waals surface area contributed by atoms with Crippen LogP contribution in [0.25, 0.3) is 11.0 Å². The van der Waals surface area contributed by atoms with E-state index in [1.165, 1.54) is 30.5 Å². The van der Waals surface area contributed by atoms with Gasteiger partial charge in [0.2, 0.25) is 0 Å². The van der Waals surface area contributed by atoms with E-state index in [1.807, 2.05) is 6.92 Å². The Morgan fingerprint density at radius 1 is 1.00 bits per heavy atom. The Hall–Kier alpha value is -2.60. The molecule has 0 aliphatic heterocycles. The van der Waals surface area contributed by atoms with Crippen LogP contribution in [0, 0.1) is 6.92 Å². The monoisotopic (exact) mass is 315 g/mol. The van der Waals surface area contributed by atoms with Crippen LogP contribution in [0.3, 0.4) is 0 Å². The highest BCUT2D eigenvalue weighted by atomic mass is 32.2. The Bertz CT molecular complexity index is 983. The average molecular weight is 315 g/mol. The van der Waals surface area contributed by atoms with Crippen molar-refractivity contribution in [1.82, 2.24) is 0 Å². The lowest BCUT2D eigenvalue weighted by molar-refractivity contribution is 0.601. The van der Waals surface area contributed by atoms with Crippen molar-refractivity contribution >= 4 is 26.7 Å². The number of benzene rings is 2. The van der Waals surface area contributed by atoms with Crippen molar-refractivity contribution < 1.29 is 12.8 Å². The molecule has 0 aliphatic carbocycles. The SMILES string of the molecule is Cc1ccc(S(=O)(=O)Nc2cccc3occc(=O)c23)cc1. The molecule has 3 rings (SSSR count). The van der Waals surface area contributed by atoms with E-state index >= 15 is 0 Å². The molecular formula is C16H13NO4S. The molecule has 0 saturated carbocycles. The van der Waals surface area contributed by atoms with Crippen LogP contribution in [0.1, 0.15) is 5.56 Å². The normalized spacial score (nSPS) is 11.5. The maximum Gasteiger partial charge on any atom is 0.261 e. The molecule has 112 valence electrons. The first-order valence-corrected chi connectivity index (χ1v) is 8.06. The summed E-state index contributed by atoms with van der Waals surface area (Å²) in [6, 6.07) is 12.5. The predicted molar refractivity (Wildman–Crippen MR) is 84.5 cm³/mol. The summed E-state index contributed by atoms with van der Waals surface area (Å²) >= 11 is 0. The Balaban J connectivity index is 2.10. The molecular weight excluding hydrogens is 302 g/mol. The van der Waals surface area contributed by atoms with E-state index in [0.29, 0.717) is 5.58 Å². The zero-order chi connectivity index (χ0) is 15.7. The first-order valence-electron chi connectivity index (χ1n) is 6.57. The molecule has 0 unspecified atom stereocenters. The molecule has 0 aliphatic rings. The molecule has 2 aromatic carbocycles. The largest absolute Gasteiger partial charge is 0.464 e. The van der Waals surface area contributed by atoms with Crippen molar-refractivity contribution in [3.8, 4) is 0 Å². The highest BCUT2D eigenvalue weighted by Crippen LogP contribution is 2.23. The van der Waals surface area contributed by atoms with Gasteiger partial charge < -0.3 is 4.42 Å². The summed E-state index contributed by atoms with van der Waals surface area (Å²) in [5.74, 6) is 0. The summed E-state index contributed by atoms with van der Waals surface area (Å²) in [5.41, 5.74) is 1.19. The van der Waals surface area contributed by atoms with Crippen molar-refractivity contribution in [2.24, 2.45) is 0 Å². The van der Waals surface area contributed by atoms with Gasteiger partial charge in [-0.3, -0.25) is 9.52 Å². The average Bonchev–Trinajstić information content (AvgIpc) is 2.47. The second-order valence-electron chi connectivity index (χ2n) is 4.88. The smallest absolute Gasteiger partial charge is 0.261 e. The van der Waals surface area contributed by atoms with E-state index in [2.05, 4.69) is 4.72 Å². The molecule has 22 heavy (non-hydrogen) atoms. The van der Waals surface area contributed by atoms with Gasteiger partial charge in [0.15, 0.2) is 5.43 Å². The summed E-state index contributed by atoms with van der Waals surface area (Å²) in [6.07, 6.45) is 1.28. The minimum absolute atomic E-state index is 0.135. The molecule has 0 spiro atoms. The molecule has 0 saturated heterocycles. The van der Waals surface area contributed by atoms with Gasteiger partial charge >= 0.3 is 0 Å². The van der Waals surface area contributed by atoms with E-state index in [4.69, 9.17) is 4.42 Å². The minimum Gasteiger partial charge on any atom is -0.464 e. The summed E-state index contributed by atoms with van der Waals surface area (Å²) in [4.78, 5) is 12.1. The van der Waals surface area contributed by atoms with Gasteiger partial charge in [-0.2, -0.15) is 0 Å². The number of anilines is 1. The second-order valence-corrected chi connectivity index (χ2v) is 6.56. The lowest BCUT2D eigenvalue weighted by atomic mass is 10.2. The number of hydrogen-bond donors (Lipinski definition) is 1. The summed E-state index contributed by atoms with van der Waals surface area (Å²) in [6.45, 7) is 1.87. The number of rotatable bonds is 3. The van der Waals surface area contributed by atoms with Crippen molar-refractivity contribution in [3.05, 3.63) is 70.6 Å². The van der Waals surface area contributed by atoms with E-state index in [9.17, 15) is 13.2 Å². The number of hydrogen-bond acceptors (Lipinski definition) is 4. The van der Waals surface area contributed by atoms with Crippen LogP contribution in [0.2, 0.25) is 0 Å². The topological polar surface area (TPSA) is 76.4 Å². The van der Waals surface area contributed by atoms with Crippen LogP contribution in [-0.2, 0) is 10.0 Å². The van der Waals surface area contributed by atoms with Crippen LogP contribution >= 0.6 is 0 Å². The second kappa shape index (κ2) is 5.31. The lowest BCUT2D eigenvalue weighted by Crippen LogP contribution is -2.14. The number of fused-ring (bicyclic) bond motifs is 1. The third kappa shape index (κ3) is 2.60. The van der Waals surface area contributed by atoms with Gasteiger partial charge in [-0.1, -0.05) is 23.8 Å². The molecule has 0 atom stereocenters. The molecule has 0 bridgehead atoms. The van der Waals surface area contributed by atoms with Gasteiger partial charge in [0.1, 0.15) is 5.58 Å². The third-order valence-electron chi connectivity index (χ3n) is 3.26. The number of aryl methyl sites for hydroxylation is 1. The van der Waals surface area contributed by atoms with E-state index in [1.54, 1.807) is 24.3 Å². The highest BCUT2D eigenvalue weighted by molar-refractivity contribution is 7.92. The van der Waals surface area contributed by atoms with Crippen molar-refractivity contribution in [2.75, 3.05) is 4.72 Å². The number of nitrogens with one attached hydrogen (secondary N) is 1. The van der Waals surface area contributed by atoms with Gasteiger partial charge in [0.05, 0.1) is 22.2 Å². The third-order valence-corrected chi connectivity index (χ3v) is 4.64. The van der Waals surface area contributed by atoms with Crippen molar-refractivity contribution in [2.45, 2.75) is 11.8 Å². The first kappa shape index (κ1) is 14.3. The molecule has 0 fully saturated rings. The van der Waals surface area contributed by atoms with E-state index in [0.717, 1.165) is 5.56 Å². The number of sulfonamides is 1. The molecule has 0 radical (unpaired) electrons. The quantitative estimate of drug-likeness (QED) is 0.806. The van der Waals surface area contributed by atoms with Gasteiger partial charge in [0.25, 0.3) is 10.0 Å². The van der Waals surface area contributed by atoms with Crippen molar-refractivity contribution in [1.29, 1.82) is 0 Å². The Kier molecular flexibility index (Phi) is 3.46. The van der Waals surface area contributed by atoms with E-state index in [-0.39, 0.29) is 21.4 Å². The van der Waals surface area contributed by atoms with Crippen LogP contribution < -0.4 is 10.2 Å². The van der Waals surface area contributed by atoms with Gasteiger partial charge in [-0.25, -0.2) is 8.42 Å². The zero-order valence-corrected chi connectivity index (χ0v) is 12.6. The van der Waals surface area contributed by atoms with Gasteiger partial charge in [0, 0.05) is 6.07 Å². The predicted octanol–water partition coefficient (Wildman–Crippen LogP) is 2.90. The molecule has 1 N–H and O–H groups in total. The Morgan fingerprint density at radius 2 is 1.73 bits per heavy atom. The fourth-order valence-corrected chi connectivity index (χ4v) is 3.21. The summed E-state index contributed by atoms with van der Waals surface area (Å²) in [7, 11) is -3.77. The highest BCUT2D eigenvalue weighted by Gasteiger charge is 2.16. The first-order chi connectivity index (χ1) is 10.5. The van der Waals surface area contributed by atoms with Crippen molar-refractivity contribution in [3.63, 3.8) is 0 Å². The summed E-state index contributed by atoms with van der Waals surface area (Å²) in [5, 5.41) is 0.209. The van der Waals surface area contributed by atoms with Gasteiger partial charge in [-0.15, -0.1) is 0 Å². The van der Waals surface area contributed by atoms with Gasteiger partial charge in [-0.05, 0) is 31.2 Å². The van der Waals surface area contributed by atoms with Crippen LogP contribution in [0.15, 0.2) is 68.9 Å². The van der Waals surface area contributed by atoms with E-state index < -0.39 is 10.0 Å². The summed E-state index contributed by atoms with van der Waals surface area (Å²) < 4.78 is 32.5. The minimum atomic E-state index is -3.77. The maximum absolute atomic E-state index is 12.4. The molecule has 5 nitrogen and oxygen atoms in total. The molecule has 0 amide bonds. The Labute approximate surface area is 127 Å². The molecule has 3 aromatic rings. The van der Waals surface area contributed by atoms with Crippen LogP contribution in [0.4, 0.5) is 5.69 Å². The zero-order valence-electron chi connectivity index (χ0n) is 11.7. The molecule has 6 heteroatoms. The van der Waals surface area contributed by atoms with Crippen LogP contribution in [-0.4, -0.2) is 8.42 Å². The molecule has 1 aromatic heterocycles. The fraction of sp³-hybridized carbons (Fsp3) is 0.0625. The fourth-order valence-electron chi connectivity index (χ4n) is 2.14. The Morgan fingerprint density at radius 3 is 2.45 bits per heavy atom. The van der Waals surface area contributed by atoms with Crippen LogP contribution in [0.5, 0.6) is 0 Å².